The molecule has 0 radical (unpaired) electrons. The summed E-state index contributed by atoms with van der Waals surface area (Å²) in [6, 6.07) is 3.46. The molecule has 2 aliphatic heterocycles. The van der Waals surface area contributed by atoms with Gasteiger partial charge in [0.15, 0.2) is 11.5 Å². The van der Waals surface area contributed by atoms with E-state index < -0.39 is 29.4 Å². The van der Waals surface area contributed by atoms with Crippen LogP contribution in [0, 0.1) is 5.92 Å². The van der Waals surface area contributed by atoms with E-state index in [1.54, 1.807) is 6.20 Å². The lowest BCUT2D eigenvalue weighted by atomic mass is 10.1. The second kappa shape index (κ2) is 9.37. The molecular weight excluding hydrogens is 542 g/mol. The molecule has 0 unspecified atom stereocenters. The number of allylic oxidation sites excluding steroid dienone is 1. The maximum Gasteiger partial charge on any atom is 0.435 e. The van der Waals surface area contributed by atoms with Crippen LogP contribution < -0.4 is 15.4 Å². The second-order valence-electron chi connectivity index (χ2n) is 8.04. The SMILES string of the molecule is O=C(NCC1CC1)C1=CC2=CNSN2C(Cl)=C1NC(=O)c1cc(C(F)(F)F)nn1-c1ncccc1Cl. The summed E-state index contributed by atoms with van der Waals surface area (Å²) in [6.07, 6.45) is 1.63. The number of nitrogens with one attached hydrogen (secondary N) is 3. The smallest absolute Gasteiger partial charge is 0.352 e. The third-order valence-corrected chi connectivity index (χ3v) is 6.99. The Morgan fingerprint density at radius 1 is 1.25 bits per heavy atom. The van der Waals surface area contributed by atoms with Crippen molar-refractivity contribution in [3.8, 4) is 5.82 Å². The highest BCUT2D eigenvalue weighted by molar-refractivity contribution is 7.95. The van der Waals surface area contributed by atoms with Crippen LogP contribution in [0.1, 0.15) is 29.0 Å². The van der Waals surface area contributed by atoms with Gasteiger partial charge in [0.2, 0.25) is 0 Å². The summed E-state index contributed by atoms with van der Waals surface area (Å²) in [5.74, 6) is -1.26. The van der Waals surface area contributed by atoms with Gasteiger partial charge in [0.25, 0.3) is 11.8 Å². The Kier molecular flexibility index (Phi) is 6.39. The molecule has 2 aromatic rings. The Morgan fingerprint density at radius 3 is 2.72 bits per heavy atom. The third-order valence-electron chi connectivity index (χ3n) is 5.43. The molecular formula is C21H16Cl2F3N7O2S. The molecule has 0 spiro atoms. The summed E-state index contributed by atoms with van der Waals surface area (Å²) in [5, 5.41) is 8.79. The fourth-order valence-electron chi connectivity index (χ4n) is 3.44. The van der Waals surface area contributed by atoms with Gasteiger partial charge in [0.05, 0.1) is 34.1 Å². The molecule has 0 bridgehead atoms. The molecule has 3 aliphatic rings. The molecule has 36 heavy (non-hydrogen) atoms. The maximum absolute atomic E-state index is 13.5. The van der Waals surface area contributed by atoms with Gasteiger partial charge in [0, 0.05) is 25.0 Å². The number of carbonyl (C=O) groups excluding carboxylic acids is 2. The molecule has 188 valence electrons. The van der Waals surface area contributed by atoms with E-state index in [0.717, 1.165) is 25.0 Å². The van der Waals surface area contributed by atoms with Gasteiger partial charge in [0.1, 0.15) is 10.9 Å². The Bertz CT molecular complexity index is 1350. The van der Waals surface area contributed by atoms with Crippen molar-refractivity contribution in [2.24, 2.45) is 5.92 Å². The van der Waals surface area contributed by atoms with Gasteiger partial charge in [-0.05, 0) is 37.0 Å². The monoisotopic (exact) mass is 557 g/mol. The zero-order valence-electron chi connectivity index (χ0n) is 18.1. The minimum absolute atomic E-state index is 0.0124. The van der Waals surface area contributed by atoms with Gasteiger partial charge in [-0.15, -0.1) is 0 Å². The van der Waals surface area contributed by atoms with E-state index in [-0.39, 0.29) is 27.3 Å². The van der Waals surface area contributed by atoms with Crippen LogP contribution in [0.3, 0.4) is 0 Å². The first-order valence-electron chi connectivity index (χ1n) is 10.6. The van der Waals surface area contributed by atoms with Crippen LogP contribution in [-0.2, 0) is 11.0 Å². The van der Waals surface area contributed by atoms with E-state index in [1.807, 2.05) is 0 Å². The molecule has 2 amide bonds. The molecule has 15 heteroatoms. The van der Waals surface area contributed by atoms with Crippen LogP contribution in [0.5, 0.6) is 0 Å². The fourth-order valence-corrected chi connectivity index (χ4v) is 4.66. The van der Waals surface area contributed by atoms with Gasteiger partial charge in [-0.2, -0.15) is 18.3 Å². The first-order chi connectivity index (χ1) is 17.1. The average molecular weight is 558 g/mol. The molecule has 2 aromatic heterocycles. The quantitative estimate of drug-likeness (QED) is 0.366. The minimum atomic E-state index is -4.84. The van der Waals surface area contributed by atoms with Gasteiger partial charge in [-0.25, -0.2) is 9.67 Å². The molecule has 1 aliphatic carbocycles. The predicted octanol–water partition coefficient (Wildman–Crippen LogP) is 3.85. The lowest BCUT2D eigenvalue weighted by Crippen LogP contribution is -2.36. The lowest BCUT2D eigenvalue weighted by Gasteiger charge is -2.26. The minimum Gasteiger partial charge on any atom is -0.352 e. The van der Waals surface area contributed by atoms with E-state index in [2.05, 4.69) is 25.4 Å². The predicted molar refractivity (Wildman–Crippen MR) is 126 cm³/mol. The number of hydrogen-bond acceptors (Lipinski definition) is 7. The Morgan fingerprint density at radius 2 is 2.03 bits per heavy atom. The van der Waals surface area contributed by atoms with Crippen molar-refractivity contribution in [1.82, 2.24) is 34.4 Å². The summed E-state index contributed by atoms with van der Waals surface area (Å²) >= 11 is 13.7. The van der Waals surface area contributed by atoms with E-state index >= 15 is 0 Å². The number of amides is 2. The molecule has 0 atom stereocenters. The highest BCUT2D eigenvalue weighted by Gasteiger charge is 2.38. The van der Waals surface area contributed by atoms with Crippen LogP contribution in [0.15, 0.2) is 58.8 Å². The van der Waals surface area contributed by atoms with Crippen molar-refractivity contribution < 1.29 is 22.8 Å². The number of aromatic nitrogens is 3. The van der Waals surface area contributed by atoms with Crippen molar-refractivity contribution in [2.45, 2.75) is 19.0 Å². The van der Waals surface area contributed by atoms with Gasteiger partial charge in [-0.1, -0.05) is 23.2 Å². The second-order valence-corrected chi connectivity index (χ2v) is 9.59. The largest absolute Gasteiger partial charge is 0.435 e. The Labute approximate surface area is 216 Å². The van der Waals surface area contributed by atoms with E-state index in [9.17, 15) is 22.8 Å². The highest BCUT2D eigenvalue weighted by atomic mass is 35.5. The van der Waals surface area contributed by atoms with Gasteiger partial charge >= 0.3 is 6.18 Å². The number of pyridine rings is 1. The van der Waals surface area contributed by atoms with Crippen LogP contribution in [0.4, 0.5) is 13.2 Å². The fraction of sp³-hybridized carbons (Fsp3) is 0.238. The molecule has 3 N–H and O–H groups in total. The summed E-state index contributed by atoms with van der Waals surface area (Å²) < 4.78 is 45.5. The topological polar surface area (TPSA) is 104 Å². The Balaban J connectivity index is 1.51. The molecule has 9 nitrogen and oxygen atoms in total. The number of rotatable bonds is 6. The van der Waals surface area contributed by atoms with Crippen LogP contribution in [-0.4, -0.2) is 37.4 Å². The summed E-state index contributed by atoms with van der Waals surface area (Å²) in [5.41, 5.74) is -1.29. The van der Waals surface area contributed by atoms with E-state index in [4.69, 9.17) is 23.2 Å². The molecule has 4 heterocycles. The van der Waals surface area contributed by atoms with E-state index in [0.29, 0.717) is 28.9 Å². The average Bonchev–Trinajstić information content (AvgIpc) is 3.34. The standard InChI is InChI=1S/C21H16Cl2F3N7O2S/c22-13-2-1-5-27-18(13)32-14(7-15(31-32)21(24,25)26)20(35)30-16-12(19(34)28-8-10-3-4-10)6-11-9-29-36-33(11)17(16)23/h1-2,5-7,9-10,29H,3-4,8H2,(H,28,34)(H,30,35). The number of hydrogen-bond donors (Lipinski definition) is 3. The zero-order valence-corrected chi connectivity index (χ0v) is 20.4. The first-order valence-corrected chi connectivity index (χ1v) is 12.1. The van der Waals surface area contributed by atoms with Gasteiger partial charge < -0.3 is 15.4 Å². The maximum atomic E-state index is 13.5. The molecule has 0 aromatic carbocycles. The molecule has 1 fully saturated rings. The first kappa shape index (κ1) is 24.5. The van der Waals surface area contributed by atoms with Crippen LogP contribution in [0.2, 0.25) is 5.02 Å². The van der Waals surface area contributed by atoms with Crippen LogP contribution in [0.25, 0.3) is 5.82 Å². The summed E-state index contributed by atoms with van der Waals surface area (Å²) in [7, 11) is 0. The number of alkyl halides is 3. The Hall–Kier alpha value is -3.16. The molecule has 1 saturated carbocycles. The van der Waals surface area contributed by atoms with Crippen molar-refractivity contribution in [3.63, 3.8) is 0 Å². The van der Waals surface area contributed by atoms with Crippen molar-refractivity contribution in [1.29, 1.82) is 0 Å². The van der Waals surface area contributed by atoms with Crippen molar-refractivity contribution >= 4 is 47.2 Å². The lowest BCUT2D eigenvalue weighted by molar-refractivity contribution is -0.141. The summed E-state index contributed by atoms with van der Waals surface area (Å²) in [4.78, 5) is 30.3. The number of nitrogens with zero attached hydrogens (tertiary/aromatic N) is 4. The van der Waals surface area contributed by atoms with E-state index in [1.165, 1.54) is 28.7 Å². The molecule has 5 rings (SSSR count). The number of fused-ring (bicyclic) bond motifs is 1. The summed E-state index contributed by atoms with van der Waals surface area (Å²) in [6.45, 7) is 0.463. The van der Waals surface area contributed by atoms with Gasteiger partial charge in [-0.3, -0.25) is 13.9 Å². The van der Waals surface area contributed by atoms with Crippen molar-refractivity contribution in [3.05, 3.63) is 75.2 Å². The third kappa shape index (κ3) is 4.77. The van der Waals surface area contributed by atoms with Crippen LogP contribution >= 0.6 is 35.3 Å². The number of carbonyl (C=O) groups is 2. The molecule has 0 saturated heterocycles. The normalized spacial score (nSPS) is 17.3. The van der Waals surface area contributed by atoms with Crippen molar-refractivity contribution in [2.75, 3.05) is 6.54 Å². The number of halogens is 5. The zero-order chi connectivity index (χ0) is 25.6. The highest BCUT2D eigenvalue weighted by Crippen LogP contribution is 2.38.